The Bertz CT molecular complexity index is 915. The van der Waals surface area contributed by atoms with Gasteiger partial charge in [0.25, 0.3) is 5.24 Å². The van der Waals surface area contributed by atoms with Crippen molar-refractivity contribution < 1.29 is 24.2 Å². The van der Waals surface area contributed by atoms with Gasteiger partial charge in [-0.05, 0) is 54.6 Å². The highest BCUT2D eigenvalue weighted by atomic mass is 32.2. The molecule has 7 nitrogen and oxygen atoms in total. The van der Waals surface area contributed by atoms with Crippen LogP contribution in [0.25, 0.3) is 0 Å². The van der Waals surface area contributed by atoms with Gasteiger partial charge in [-0.25, -0.2) is 4.90 Å². The minimum atomic E-state index is -0.806. The first-order chi connectivity index (χ1) is 12.9. The van der Waals surface area contributed by atoms with Crippen LogP contribution in [0.15, 0.2) is 42.5 Å². The maximum absolute atomic E-state index is 12.7. The zero-order valence-electron chi connectivity index (χ0n) is 14.8. The molecular weight excluding hydrogens is 368 g/mol. The van der Waals surface area contributed by atoms with E-state index < -0.39 is 16.4 Å². The van der Waals surface area contributed by atoms with E-state index in [1.165, 1.54) is 19.2 Å². The van der Waals surface area contributed by atoms with Crippen LogP contribution in [0.2, 0.25) is 0 Å². The molecule has 0 bridgehead atoms. The van der Waals surface area contributed by atoms with Crippen molar-refractivity contribution in [3.8, 4) is 11.5 Å². The lowest BCUT2D eigenvalue weighted by atomic mass is 10.1. The number of carbonyl (C=O) groups is 3. The Morgan fingerprint density at radius 3 is 2.70 bits per heavy atom. The Morgan fingerprint density at radius 2 is 2.00 bits per heavy atom. The van der Waals surface area contributed by atoms with Crippen molar-refractivity contribution in [3.63, 3.8) is 0 Å². The third-order valence-corrected chi connectivity index (χ3v) is 5.14. The number of aryl methyl sites for hydroxylation is 1. The Kier molecular flexibility index (Phi) is 5.36. The molecule has 0 saturated carbocycles. The zero-order chi connectivity index (χ0) is 19.6. The molecule has 140 valence electrons. The summed E-state index contributed by atoms with van der Waals surface area (Å²) >= 11 is 0.822. The van der Waals surface area contributed by atoms with Crippen molar-refractivity contribution >= 4 is 40.2 Å². The Morgan fingerprint density at radius 1 is 1.26 bits per heavy atom. The highest BCUT2D eigenvalue weighted by Gasteiger charge is 2.42. The lowest BCUT2D eigenvalue weighted by molar-refractivity contribution is -0.121. The van der Waals surface area contributed by atoms with E-state index in [1.54, 1.807) is 37.3 Å². The summed E-state index contributed by atoms with van der Waals surface area (Å²) in [6.45, 7) is 1.75. The van der Waals surface area contributed by atoms with Crippen LogP contribution in [0.1, 0.15) is 12.0 Å². The summed E-state index contributed by atoms with van der Waals surface area (Å²) in [5.74, 6) is -0.328. The van der Waals surface area contributed by atoms with Crippen LogP contribution in [-0.2, 0) is 9.59 Å². The van der Waals surface area contributed by atoms with Gasteiger partial charge in [-0.1, -0.05) is 12.1 Å². The van der Waals surface area contributed by atoms with Gasteiger partial charge in [-0.3, -0.25) is 14.4 Å². The van der Waals surface area contributed by atoms with Gasteiger partial charge in [0, 0.05) is 12.1 Å². The van der Waals surface area contributed by atoms with E-state index in [4.69, 9.17) is 4.74 Å². The van der Waals surface area contributed by atoms with Crippen molar-refractivity contribution in [2.45, 2.75) is 18.6 Å². The van der Waals surface area contributed by atoms with Crippen molar-refractivity contribution in [2.24, 2.45) is 0 Å². The van der Waals surface area contributed by atoms with Gasteiger partial charge in [0.1, 0.15) is 16.7 Å². The maximum Gasteiger partial charge on any atom is 0.293 e. The van der Waals surface area contributed by atoms with Gasteiger partial charge in [-0.2, -0.15) is 0 Å². The molecule has 0 aliphatic carbocycles. The van der Waals surface area contributed by atoms with E-state index in [2.05, 4.69) is 5.32 Å². The number of aromatic hydroxyl groups is 1. The first-order valence-electron chi connectivity index (χ1n) is 8.17. The normalized spacial score (nSPS) is 16.5. The molecule has 1 unspecified atom stereocenters. The third-order valence-electron chi connectivity index (χ3n) is 4.10. The van der Waals surface area contributed by atoms with Crippen LogP contribution in [0.3, 0.4) is 0 Å². The first kappa shape index (κ1) is 18.8. The summed E-state index contributed by atoms with van der Waals surface area (Å²) in [6, 6.07) is 11.3. The van der Waals surface area contributed by atoms with E-state index >= 15 is 0 Å². The summed E-state index contributed by atoms with van der Waals surface area (Å²) in [4.78, 5) is 38.4. The van der Waals surface area contributed by atoms with E-state index in [0.29, 0.717) is 22.7 Å². The number of carbonyl (C=O) groups excluding carboxylic acids is 3. The molecule has 8 heteroatoms. The van der Waals surface area contributed by atoms with E-state index in [-0.39, 0.29) is 18.1 Å². The smallest absolute Gasteiger partial charge is 0.293 e. The predicted octanol–water partition coefficient (Wildman–Crippen LogP) is 3.31. The standard InChI is InChI=1S/C19H18N2O5S/c1-11-9-12(22)7-8-13(11)20-17(23)10-16-18(24)21(19(25)27-16)14-5-3-4-6-15(14)26-2/h3-9,16,22H,10H2,1-2H3,(H,20,23). The number of phenols is 1. The molecule has 2 aromatic carbocycles. The monoisotopic (exact) mass is 386 g/mol. The molecule has 27 heavy (non-hydrogen) atoms. The molecule has 1 heterocycles. The molecule has 0 spiro atoms. The van der Waals surface area contributed by atoms with E-state index in [1.807, 2.05) is 0 Å². The Balaban J connectivity index is 1.72. The van der Waals surface area contributed by atoms with Gasteiger partial charge < -0.3 is 15.2 Å². The zero-order valence-corrected chi connectivity index (χ0v) is 15.6. The number of methoxy groups -OCH3 is 1. The fourth-order valence-electron chi connectivity index (χ4n) is 2.78. The summed E-state index contributed by atoms with van der Waals surface area (Å²) in [5, 5.41) is 10.9. The number of rotatable bonds is 5. The molecular formula is C19H18N2O5S. The predicted molar refractivity (Wildman–Crippen MR) is 103 cm³/mol. The molecule has 1 atom stereocenters. The fourth-order valence-corrected chi connectivity index (χ4v) is 3.76. The average Bonchev–Trinajstić information content (AvgIpc) is 2.90. The summed E-state index contributed by atoms with van der Waals surface area (Å²) in [6.07, 6.45) is -0.138. The van der Waals surface area contributed by atoms with Crippen LogP contribution < -0.4 is 15.0 Å². The molecule has 1 aliphatic rings. The Hall–Kier alpha value is -3.00. The number of para-hydroxylation sites is 2. The molecule has 2 aromatic rings. The molecule has 0 radical (unpaired) electrons. The quantitative estimate of drug-likeness (QED) is 0.766. The van der Waals surface area contributed by atoms with Gasteiger partial charge >= 0.3 is 0 Å². The third kappa shape index (κ3) is 3.90. The molecule has 1 saturated heterocycles. The van der Waals surface area contributed by atoms with Gasteiger partial charge in [-0.15, -0.1) is 0 Å². The molecule has 2 N–H and O–H groups in total. The topological polar surface area (TPSA) is 95.9 Å². The number of amides is 3. The largest absolute Gasteiger partial charge is 0.508 e. The van der Waals surface area contributed by atoms with E-state index in [0.717, 1.165) is 16.7 Å². The number of phenolic OH excluding ortho intramolecular Hbond substituents is 1. The van der Waals surface area contributed by atoms with Gasteiger partial charge in [0.05, 0.1) is 12.8 Å². The second kappa shape index (κ2) is 7.71. The number of benzene rings is 2. The van der Waals surface area contributed by atoms with Crippen LogP contribution in [0.5, 0.6) is 11.5 Å². The number of ether oxygens (including phenoxy) is 1. The highest BCUT2D eigenvalue weighted by molar-refractivity contribution is 8.15. The SMILES string of the molecule is COc1ccccc1N1C(=O)SC(CC(=O)Nc2ccc(O)cc2C)C1=O. The van der Waals surface area contributed by atoms with Crippen molar-refractivity contribution in [1.29, 1.82) is 0 Å². The lowest BCUT2D eigenvalue weighted by Gasteiger charge is -2.17. The highest BCUT2D eigenvalue weighted by Crippen LogP contribution is 2.38. The first-order valence-corrected chi connectivity index (χ1v) is 9.05. The van der Waals surface area contributed by atoms with Crippen molar-refractivity contribution in [3.05, 3.63) is 48.0 Å². The summed E-state index contributed by atoms with van der Waals surface area (Å²) < 4.78 is 5.22. The van der Waals surface area contributed by atoms with Crippen molar-refractivity contribution in [1.82, 2.24) is 0 Å². The number of hydrogen-bond donors (Lipinski definition) is 2. The minimum Gasteiger partial charge on any atom is -0.508 e. The van der Waals surface area contributed by atoms with E-state index in [9.17, 15) is 19.5 Å². The van der Waals surface area contributed by atoms with Crippen LogP contribution in [0, 0.1) is 6.92 Å². The van der Waals surface area contributed by atoms with Gasteiger partial charge in [0.15, 0.2) is 0 Å². The van der Waals surface area contributed by atoms with Crippen LogP contribution >= 0.6 is 11.8 Å². The number of hydrogen-bond acceptors (Lipinski definition) is 6. The Labute approximate surface area is 160 Å². The number of anilines is 2. The molecule has 3 amide bonds. The number of thioether (sulfide) groups is 1. The molecule has 1 fully saturated rings. The molecule has 1 aliphatic heterocycles. The second-order valence-corrected chi connectivity index (χ2v) is 7.12. The van der Waals surface area contributed by atoms with Crippen molar-refractivity contribution in [2.75, 3.05) is 17.3 Å². The average molecular weight is 386 g/mol. The minimum absolute atomic E-state index is 0.102. The number of nitrogens with one attached hydrogen (secondary N) is 1. The van der Waals surface area contributed by atoms with Crippen LogP contribution in [-0.4, -0.2) is 34.5 Å². The van der Waals surface area contributed by atoms with Gasteiger partial charge in [0.2, 0.25) is 11.8 Å². The maximum atomic E-state index is 12.7. The molecule has 3 rings (SSSR count). The number of imide groups is 1. The van der Waals surface area contributed by atoms with Crippen LogP contribution in [0.4, 0.5) is 16.2 Å². The summed E-state index contributed by atoms with van der Waals surface area (Å²) in [5.41, 5.74) is 1.60. The fraction of sp³-hybridized carbons (Fsp3) is 0.211. The number of nitrogens with zero attached hydrogens (tertiary/aromatic N) is 1. The lowest BCUT2D eigenvalue weighted by Crippen LogP contribution is -2.33. The molecule has 0 aromatic heterocycles. The second-order valence-electron chi connectivity index (χ2n) is 5.97. The summed E-state index contributed by atoms with van der Waals surface area (Å²) in [7, 11) is 1.46.